The lowest BCUT2D eigenvalue weighted by molar-refractivity contribution is -0.146. The summed E-state index contributed by atoms with van der Waals surface area (Å²) in [6.07, 6.45) is 2.80. The number of ether oxygens (including phenoxy) is 1. The number of para-hydroxylation sites is 2. The van der Waals surface area contributed by atoms with E-state index in [-0.39, 0.29) is 5.91 Å². The van der Waals surface area contributed by atoms with Crippen LogP contribution in [0.2, 0.25) is 0 Å². The van der Waals surface area contributed by atoms with Gasteiger partial charge in [0.15, 0.2) is 0 Å². The van der Waals surface area contributed by atoms with Gasteiger partial charge in [-0.05, 0) is 31.9 Å². The minimum atomic E-state index is -0.928. The minimum Gasteiger partial charge on any atom is -0.495 e. The number of carbonyl (C=O) groups is 2. The molecule has 0 aliphatic heterocycles. The van der Waals surface area contributed by atoms with Crippen LogP contribution in [0.3, 0.4) is 0 Å². The Balaban J connectivity index is 2.17. The van der Waals surface area contributed by atoms with Gasteiger partial charge in [0, 0.05) is 0 Å². The standard InChI is InChI=1S/C16H19NO4/c1-10-7-8-11(12(9-10)16(19)20)15(18)17-13-5-3-4-6-14(13)21-2/h3-7,11-12H,8-9H2,1-2H3,(H,17,18)(H,19,20). The number of aliphatic carboxylic acids is 1. The molecule has 2 atom stereocenters. The first-order valence-electron chi connectivity index (χ1n) is 6.85. The van der Waals surface area contributed by atoms with Crippen molar-refractivity contribution >= 4 is 17.6 Å². The number of carboxylic acid groups (broad SMARTS) is 1. The summed E-state index contributed by atoms with van der Waals surface area (Å²) in [6, 6.07) is 7.07. The van der Waals surface area contributed by atoms with E-state index >= 15 is 0 Å². The lowest BCUT2D eigenvalue weighted by Crippen LogP contribution is -2.35. The molecule has 0 saturated heterocycles. The lowest BCUT2D eigenvalue weighted by atomic mass is 9.79. The molecule has 21 heavy (non-hydrogen) atoms. The van der Waals surface area contributed by atoms with E-state index in [9.17, 15) is 14.7 Å². The molecule has 0 bridgehead atoms. The first kappa shape index (κ1) is 15.1. The Morgan fingerprint density at radius 1 is 1.29 bits per heavy atom. The zero-order chi connectivity index (χ0) is 15.4. The van der Waals surface area contributed by atoms with E-state index in [0.29, 0.717) is 24.3 Å². The Labute approximate surface area is 123 Å². The highest BCUT2D eigenvalue weighted by Gasteiger charge is 2.35. The van der Waals surface area contributed by atoms with Gasteiger partial charge in [-0.15, -0.1) is 0 Å². The molecule has 5 nitrogen and oxygen atoms in total. The highest BCUT2D eigenvalue weighted by atomic mass is 16.5. The SMILES string of the molecule is COc1ccccc1NC(=O)C1CC=C(C)CC1C(=O)O. The van der Waals surface area contributed by atoms with Crippen LogP contribution >= 0.6 is 0 Å². The highest BCUT2D eigenvalue weighted by Crippen LogP contribution is 2.32. The number of carboxylic acids is 1. The zero-order valence-electron chi connectivity index (χ0n) is 12.1. The number of allylic oxidation sites excluding steroid dienone is 2. The summed E-state index contributed by atoms with van der Waals surface area (Å²) in [4.78, 5) is 23.8. The van der Waals surface area contributed by atoms with E-state index in [2.05, 4.69) is 5.32 Å². The van der Waals surface area contributed by atoms with E-state index in [1.54, 1.807) is 24.3 Å². The lowest BCUT2D eigenvalue weighted by Gasteiger charge is -2.26. The van der Waals surface area contributed by atoms with Crippen molar-refractivity contribution in [2.24, 2.45) is 11.8 Å². The predicted molar refractivity (Wildman–Crippen MR) is 79.2 cm³/mol. The number of hydrogen-bond donors (Lipinski definition) is 2. The van der Waals surface area contributed by atoms with Crippen LogP contribution in [0.1, 0.15) is 19.8 Å². The highest BCUT2D eigenvalue weighted by molar-refractivity contribution is 5.96. The molecule has 1 aliphatic rings. The fourth-order valence-electron chi connectivity index (χ4n) is 2.59. The Morgan fingerprint density at radius 2 is 2.00 bits per heavy atom. The van der Waals surface area contributed by atoms with Crippen molar-refractivity contribution in [1.29, 1.82) is 0 Å². The maximum atomic E-state index is 12.4. The normalized spacial score (nSPS) is 21.3. The number of rotatable bonds is 4. The van der Waals surface area contributed by atoms with Crippen LogP contribution < -0.4 is 10.1 Å². The molecule has 5 heteroatoms. The molecule has 2 unspecified atom stereocenters. The summed E-state index contributed by atoms with van der Waals surface area (Å²) in [5.41, 5.74) is 1.57. The molecule has 1 aromatic carbocycles. The largest absolute Gasteiger partial charge is 0.495 e. The average Bonchev–Trinajstić information content (AvgIpc) is 2.47. The molecule has 1 amide bonds. The second-order valence-corrected chi connectivity index (χ2v) is 5.23. The van der Waals surface area contributed by atoms with Crippen LogP contribution in [0.4, 0.5) is 5.69 Å². The van der Waals surface area contributed by atoms with E-state index in [0.717, 1.165) is 5.57 Å². The number of benzene rings is 1. The Hall–Kier alpha value is -2.30. The molecule has 0 spiro atoms. The van der Waals surface area contributed by atoms with Gasteiger partial charge < -0.3 is 15.2 Å². The van der Waals surface area contributed by atoms with Gasteiger partial charge in [-0.2, -0.15) is 0 Å². The average molecular weight is 289 g/mol. The van der Waals surface area contributed by atoms with E-state index in [4.69, 9.17) is 4.74 Å². The van der Waals surface area contributed by atoms with Gasteiger partial charge in [0.25, 0.3) is 0 Å². The monoisotopic (exact) mass is 289 g/mol. The topological polar surface area (TPSA) is 75.6 Å². The molecule has 112 valence electrons. The van der Waals surface area contributed by atoms with E-state index in [1.807, 2.05) is 13.0 Å². The fourth-order valence-corrected chi connectivity index (χ4v) is 2.59. The van der Waals surface area contributed by atoms with Gasteiger partial charge >= 0.3 is 5.97 Å². The first-order valence-corrected chi connectivity index (χ1v) is 6.85. The summed E-state index contributed by atoms with van der Waals surface area (Å²) in [5.74, 6) is -1.89. The molecular weight excluding hydrogens is 270 g/mol. The molecule has 0 saturated carbocycles. The Morgan fingerprint density at radius 3 is 2.67 bits per heavy atom. The van der Waals surface area contributed by atoms with Crippen LogP contribution in [0.25, 0.3) is 0 Å². The molecule has 0 fully saturated rings. The summed E-state index contributed by atoms with van der Waals surface area (Å²) in [6.45, 7) is 1.89. The van der Waals surface area contributed by atoms with Crippen LogP contribution in [0.15, 0.2) is 35.9 Å². The van der Waals surface area contributed by atoms with Crippen LogP contribution in [0.5, 0.6) is 5.75 Å². The van der Waals surface area contributed by atoms with Crippen molar-refractivity contribution in [2.75, 3.05) is 12.4 Å². The summed E-state index contributed by atoms with van der Waals surface area (Å²) in [7, 11) is 1.53. The van der Waals surface area contributed by atoms with Crippen LogP contribution in [0, 0.1) is 11.8 Å². The number of anilines is 1. The quantitative estimate of drug-likeness (QED) is 0.836. The molecular formula is C16H19NO4. The van der Waals surface area contributed by atoms with Crippen molar-refractivity contribution in [3.8, 4) is 5.75 Å². The zero-order valence-corrected chi connectivity index (χ0v) is 12.1. The third-order valence-electron chi connectivity index (χ3n) is 3.77. The van der Waals surface area contributed by atoms with Crippen molar-refractivity contribution < 1.29 is 19.4 Å². The van der Waals surface area contributed by atoms with Crippen molar-refractivity contribution in [2.45, 2.75) is 19.8 Å². The molecule has 1 aliphatic carbocycles. The second kappa shape index (κ2) is 6.43. The minimum absolute atomic E-state index is 0.282. The smallest absolute Gasteiger partial charge is 0.307 e. The maximum absolute atomic E-state index is 12.4. The molecule has 0 heterocycles. The molecule has 0 radical (unpaired) electrons. The van der Waals surface area contributed by atoms with Crippen LogP contribution in [-0.2, 0) is 9.59 Å². The maximum Gasteiger partial charge on any atom is 0.307 e. The summed E-state index contributed by atoms with van der Waals surface area (Å²) < 4.78 is 5.18. The van der Waals surface area contributed by atoms with Gasteiger partial charge in [0.05, 0.1) is 24.6 Å². The van der Waals surface area contributed by atoms with E-state index in [1.165, 1.54) is 7.11 Å². The number of carbonyl (C=O) groups excluding carboxylic acids is 1. The van der Waals surface area contributed by atoms with Gasteiger partial charge in [-0.3, -0.25) is 9.59 Å². The van der Waals surface area contributed by atoms with Crippen molar-refractivity contribution in [3.05, 3.63) is 35.9 Å². The fraction of sp³-hybridized carbons (Fsp3) is 0.375. The molecule has 0 aromatic heterocycles. The van der Waals surface area contributed by atoms with Crippen molar-refractivity contribution in [1.82, 2.24) is 0 Å². The molecule has 2 N–H and O–H groups in total. The number of nitrogens with one attached hydrogen (secondary N) is 1. The number of hydrogen-bond acceptors (Lipinski definition) is 3. The predicted octanol–water partition coefficient (Wildman–Crippen LogP) is 2.69. The Kier molecular flexibility index (Phi) is 4.62. The first-order chi connectivity index (χ1) is 10.0. The number of amides is 1. The van der Waals surface area contributed by atoms with Gasteiger partial charge in [-0.25, -0.2) is 0 Å². The summed E-state index contributed by atoms with van der Waals surface area (Å²) in [5, 5.41) is 12.1. The third kappa shape index (κ3) is 3.42. The van der Waals surface area contributed by atoms with Crippen LogP contribution in [-0.4, -0.2) is 24.1 Å². The molecule has 1 aromatic rings. The van der Waals surface area contributed by atoms with E-state index < -0.39 is 17.8 Å². The molecule has 2 rings (SSSR count). The summed E-state index contributed by atoms with van der Waals surface area (Å²) >= 11 is 0. The van der Waals surface area contributed by atoms with Gasteiger partial charge in [0.2, 0.25) is 5.91 Å². The number of methoxy groups -OCH3 is 1. The van der Waals surface area contributed by atoms with Crippen molar-refractivity contribution in [3.63, 3.8) is 0 Å². The van der Waals surface area contributed by atoms with Gasteiger partial charge in [-0.1, -0.05) is 23.8 Å². The second-order valence-electron chi connectivity index (χ2n) is 5.23. The van der Waals surface area contributed by atoms with Gasteiger partial charge in [0.1, 0.15) is 5.75 Å². The third-order valence-corrected chi connectivity index (χ3v) is 3.77. The Bertz CT molecular complexity index is 579.